The van der Waals surface area contributed by atoms with E-state index in [-0.39, 0.29) is 0 Å². The maximum absolute atomic E-state index is 12.3. The van der Waals surface area contributed by atoms with Gasteiger partial charge in [0.15, 0.2) is 0 Å². The van der Waals surface area contributed by atoms with Crippen LogP contribution >= 0.6 is 11.8 Å². The van der Waals surface area contributed by atoms with Crippen LogP contribution in [0.1, 0.15) is 12.5 Å². The molecular formula is C10H9F3O2S. The fraction of sp³-hybridized carbons (Fsp3) is 0.300. The van der Waals surface area contributed by atoms with Crippen molar-refractivity contribution >= 4 is 17.7 Å². The van der Waals surface area contributed by atoms with Gasteiger partial charge >= 0.3 is 12.1 Å². The molecule has 0 aromatic heterocycles. The number of rotatable bonds is 3. The van der Waals surface area contributed by atoms with Crippen LogP contribution in [0.15, 0.2) is 29.2 Å². The van der Waals surface area contributed by atoms with Gasteiger partial charge in [-0.2, -0.15) is 13.2 Å². The van der Waals surface area contributed by atoms with Crippen LogP contribution in [0, 0.1) is 0 Å². The molecule has 0 aliphatic heterocycles. The molecule has 0 saturated carbocycles. The summed E-state index contributed by atoms with van der Waals surface area (Å²) in [6, 6.07) is 4.62. The van der Waals surface area contributed by atoms with Crippen LogP contribution in [0.3, 0.4) is 0 Å². The maximum Gasteiger partial charge on any atom is 0.416 e. The first-order valence-electron chi connectivity index (χ1n) is 4.37. The zero-order valence-electron chi connectivity index (χ0n) is 8.28. The lowest BCUT2D eigenvalue weighted by Gasteiger charge is -2.10. The molecule has 0 bridgehead atoms. The Morgan fingerprint density at radius 1 is 1.44 bits per heavy atom. The lowest BCUT2D eigenvalue weighted by Crippen LogP contribution is -2.11. The minimum Gasteiger partial charge on any atom is -0.480 e. The number of hydrogen-bond donors (Lipinski definition) is 1. The molecule has 1 aromatic rings. The monoisotopic (exact) mass is 250 g/mol. The number of benzene rings is 1. The van der Waals surface area contributed by atoms with Gasteiger partial charge in [-0.25, -0.2) is 0 Å². The summed E-state index contributed by atoms with van der Waals surface area (Å²) in [6.45, 7) is 1.42. The van der Waals surface area contributed by atoms with Crippen molar-refractivity contribution in [3.05, 3.63) is 29.8 Å². The highest BCUT2D eigenvalue weighted by Crippen LogP contribution is 2.32. The van der Waals surface area contributed by atoms with Gasteiger partial charge < -0.3 is 5.11 Å². The topological polar surface area (TPSA) is 37.3 Å². The first-order chi connectivity index (χ1) is 7.30. The molecule has 0 amide bonds. The van der Waals surface area contributed by atoms with Crippen LogP contribution in [0.25, 0.3) is 0 Å². The molecule has 1 N–H and O–H groups in total. The third-order valence-corrected chi connectivity index (χ3v) is 2.90. The Morgan fingerprint density at radius 2 is 2.06 bits per heavy atom. The fourth-order valence-corrected chi connectivity index (χ4v) is 1.86. The Hall–Kier alpha value is -1.17. The Kier molecular flexibility index (Phi) is 3.85. The van der Waals surface area contributed by atoms with Gasteiger partial charge in [0.05, 0.1) is 5.56 Å². The second-order valence-corrected chi connectivity index (χ2v) is 4.54. The van der Waals surface area contributed by atoms with Crippen molar-refractivity contribution in [2.75, 3.05) is 0 Å². The van der Waals surface area contributed by atoms with E-state index >= 15 is 0 Å². The molecule has 0 heterocycles. The highest BCUT2D eigenvalue weighted by molar-refractivity contribution is 8.00. The smallest absolute Gasteiger partial charge is 0.416 e. The molecule has 0 radical (unpaired) electrons. The quantitative estimate of drug-likeness (QED) is 0.836. The van der Waals surface area contributed by atoms with Crippen molar-refractivity contribution in [3.63, 3.8) is 0 Å². The van der Waals surface area contributed by atoms with E-state index in [0.29, 0.717) is 4.90 Å². The summed E-state index contributed by atoms with van der Waals surface area (Å²) < 4.78 is 37.0. The summed E-state index contributed by atoms with van der Waals surface area (Å²) in [5, 5.41) is 7.85. The van der Waals surface area contributed by atoms with E-state index in [4.69, 9.17) is 5.11 Å². The van der Waals surface area contributed by atoms with Gasteiger partial charge in [0, 0.05) is 4.90 Å². The first kappa shape index (κ1) is 12.9. The van der Waals surface area contributed by atoms with E-state index in [2.05, 4.69) is 0 Å². The number of carboxylic acids is 1. The Morgan fingerprint density at radius 3 is 2.56 bits per heavy atom. The predicted octanol–water partition coefficient (Wildman–Crippen LogP) is 3.27. The van der Waals surface area contributed by atoms with E-state index in [9.17, 15) is 18.0 Å². The summed E-state index contributed by atoms with van der Waals surface area (Å²) >= 11 is 0.882. The van der Waals surface area contributed by atoms with Gasteiger partial charge in [0.2, 0.25) is 0 Å². The molecule has 2 nitrogen and oxygen atoms in total. The van der Waals surface area contributed by atoms with Gasteiger partial charge in [-0.3, -0.25) is 4.79 Å². The van der Waals surface area contributed by atoms with Crippen molar-refractivity contribution in [2.24, 2.45) is 0 Å². The van der Waals surface area contributed by atoms with E-state index in [1.165, 1.54) is 19.1 Å². The Labute approximate surface area is 94.5 Å². The van der Waals surface area contributed by atoms with Crippen molar-refractivity contribution in [1.29, 1.82) is 0 Å². The van der Waals surface area contributed by atoms with Gasteiger partial charge in [0.25, 0.3) is 0 Å². The van der Waals surface area contributed by atoms with Gasteiger partial charge in [0.1, 0.15) is 5.25 Å². The second-order valence-electron chi connectivity index (χ2n) is 3.12. The normalized spacial score (nSPS) is 13.5. The van der Waals surface area contributed by atoms with E-state index < -0.39 is 23.0 Å². The van der Waals surface area contributed by atoms with Crippen LogP contribution in [0.4, 0.5) is 13.2 Å². The number of carboxylic acid groups (broad SMARTS) is 1. The molecule has 1 aromatic carbocycles. The molecule has 0 fully saturated rings. The van der Waals surface area contributed by atoms with Gasteiger partial charge in [-0.15, -0.1) is 11.8 Å². The second kappa shape index (κ2) is 4.78. The summed E-state index contributed by atoms with van der Waals surface area (Å²) in [5.74, 6) is -1.05. The molecule has 0 aliphatic rings. The first-order valence-corrected chi connectivity index (χ1v) is 5.25. The van der Waals surface area contributed by atoms with E-state index in [1.54, 1.807) is 0 Å². The van der Waals surface area contributed by atoms with Gasteiger partial charge in [-0.1, -0.05) is 6.07 Å². The molecule has 0 spiro atoms. The van der Waals surface area contributed by atoms with Crippen LogP contribution in [-0.4, -0.2) is 16.3 Å². The number of halogens is 3. The van der Waals surface area contributed by atoms with E-state index in [1.807, 2.05) is 0 Å². The highest BCUT2D eigenvalue weighted by Gasteiger charge is 2.30. The molecule has 6 heteroatoms. The average molecular weight is 250 g/mol. The number of aliphatic carboxylic acids is 1. The van der Waals surface area contributed by atoms with Crippen LogP contribution in [-0.2, 0) is 11.0 Å². The maximum atomic E-state index is 12.3. The number of alkyl halides is 3. The van der Waals surface area contributed by atoms with Crippen molar-refractivity contribution in [2.45, 2.75) is 23.2 Å². The van der Waals surface area contributed by atoms with Crippen molar-refractivity contribution < 1.29 is 23.1 Å². The Balaban J connectivity index is 2.87. The molecule has 88 valence electrons. The predicted molar refractivity (Wildman–Crippen MR) is 54.4 cm³/mol. The number of hydrogen-bond acceptors (Lipinski definition) is 2. The summed E-state index contributed by atoms with van der Waals surface area (Å²) in [5.41, 5.74) is -0.768. The molecule has 16 heavy (non-hydrogen) atoms. The zero-order chi connectivity index (χ0) is 12.3. The number of thioether (sulfide) groups is 1. The fourth-order valence-electron chi connectivity index (χ4n) is 1.00. The summed E-state index contributed by atoms with van der Waals surface area (Å²) in [6.07, 6.45) is -4.40. The highest BCUT2D eigenvalue weighted by atomic mass is 32.2. The SMILES string of the molecule is CC(Sc1cccc(C(F)(F)F)c1)C(=O)O. The third-order valence-electron chi connectivity index (χ3n) is 1.82. The standard InChI is InChI=1S/C10H9F3O2S/c1-6(9(14)15)16-8-4-2-3-7(5-8)10(11,12)13/h2-6H,1H3,(H,14,15). The lowest BCUT2D eigenvalue weighted by molar-refractivity contribution is -0.138. The lowest BCUT2D eigenvalue weighted by atomic mass is 10.2. The molecule has 1 atom stereocenters. The van der Waals surface area contributed by atoms with Crippen molar-refractivity contribution in [1.82, 2.24) is 0 Å². The van der Waals surface area contributed by atoms with Gasteiger partial charge in [-0.05, 0) is 25.1 Å². The molecular weight excluding hydrogens is 241 g/mol. The molecule has 0 saturated heterocycles. The summed E-state index contributed by atoms with van der Waals surface area (Å²) in [7, 11) is 0. The number of carbonyl (C=O) groups is 1. The van der Waals surface area contributed by atoms with Crippen LogP contribution in [0.5, 0.6) is 0 Å². The Bertz CT molecular complexity index is 390. The van der Waals surface area contributed by atoms with Crippen LogP contribution < -0.4 is 0 Å². The van der Waals surface area contributed by atoms with E-state index in [0.717, 1.165) is 23.9 Å². The van der Waals surface area contributed by atoms with Crippen molar-refractivity contribution in [3.8, 4) is 0 Å². The third kappa shape index (κ3) is 3.44. The molecule has 0 aliphatic carbocycles. The summed E-state index contributed by atoms with van der Waals surface area (Å²) in [4.78, 5) is 10.8. The zero-order valence-corrected chi connectivity index (χ0v) is 9.10. The minimum atomic E-state index is -4.40. The molecule has 1 unspecified atom stereocenters. The largest absolute Gasteiger partial charge is 0.480 e. The van der Waals surface area contributed by atoms with Crippen LogP contribution in [0.2, 0.25) is 0 Å². The minimum absolute atomic E-state index is 0.296. The molecule has 1 rings (SSSR count). The average Bonchev–Trinajstić information content (AvgIpc) is 2.16.